The molecule has 1 saturated heterocycles. The number of ether oxygens (including phenoxy) is 1. The molecule has 0 spiro atoms. The zero-order chi connectivity index (χ0) is 17.5. The quantitative estimate of drug-likeness (QED) is 0.858. The fourth-order valence-corrected chi connectivity index (χ4v) is 2.77. The lowest BCUT2D eigenvalue weighted by atomic mass is 9.97. The van der Waals surface area contributed by atoms with Gasteiger partial charge < -0.3 is 15.0 Å². The van der Waals surface area contributed by atoms with E-state index in [0.717, 1.165) is 18.4 Å². The predicted molar refractivity (Wildman–Crippen MR) is 89.6 cm³/mol. The maximum atomic E-state index is 12.1. The predicted octanol–water partition coefficient (Wildman–Crippen LogP) is 1.58. The lowest BCUT2D eigenvalue weighted by Crippen LogP contribution is -2.41. The number of carbonyl (C=O) groups excluding carboxylic acids is 2. The Labute approximate surface area is 145 Å². The number of benzene rings is 1. The molecule has 2 amide bonds. The molecule has 8 nitrogen and oxygen atoms in total. The molecule has 0 aliphatic carbocycles. The van der Waals surface area contributed by atoms with Crippen LogP contribution in [-0.2, 0) is 11.3 Å². The zero-order valence-electron chi connectivity index (χ0n) is 13.9. The molecule has 1 aliphatic heterocycles. The topological polar surface area (TPSA) is 100 Å². The number of carbonyl (C=O) groups is 2. The summed E-state index contributed by atoms with van der Waals surface area (Å²) in [6, 6.07) is 9.62. The highest BCUT2D eigenvalue weighted by Gasteiger charge is 2.24. The standard InChI is InChI=1S/C17H21N5O3/c23-16(15-19-12-20-21-15)18-10-13-6-8-22(9-7-13)17(24)25-11-14-4-2-1-3-5-14/h1-5,12-13H,6-11H2,(H,18,23)(H,19,20,21). The second kappa shape index (κ2) is 8.27. The van der Waals surface area contributed by atoms with E-state index < -0.39 is 0 Å². The van der Waals surface area contributed by atoms with Crippen LogP contribution in [0.4, 0.5) is 4.79 Å². The smallest absolute Gasteiger partial charge is 0.410 e. The average Bonchev–Trinajstić information content (AvgIpc) is 3.20. The highest BCUT2D eigenvalue weighted by Crippen LogP contribution is 2.17. The molecule has 0 atom stereocenters. The molecule has 3 rings (SSSR count). The number of aromatic nitrogens is 3. The van der Waals surface area contributed by atoms with Crippen LogP contribution in [0.25, 0.3) is 0 Å². The van der Waals surface area contributed by atoms with Crippen molar-refractivity contribution in [2.24, 2.45) is 5.92 Å². The van der Waals surface area contributed by atoms with Gasteiger partial charge >= 0.3 is 6.09 Å². The highest BCUT2D eigenvalue weighted by molar-refractivity contribution is 5.90. The summed E-state index contributed by atoms with van der Waals surface area (Å²) in [7, 11) is 0. The van der Waals surface area contributed by atoms with Crippen molar-refractivity contribution in [1.29, 1.82) is 0 Å². The Hall–Kier alpha value is -2.90. The van der Waals surface area contributed by atoms with Gasteiger partial charge in [0.2, 0.25) is 5.82 Å². The number of piperidine rings is 1. The molecule has 2 heterocycles. The summed E-state index contributed by atoms with van der Waals surface area (Å²) in [6.07, 6.45) is 2.68. The minimum Gasteiger partial charge on any atom is -0.445 e. The third kappa shape index (κ3) is 4.79. The monoisotopic (exact) mass is 343 g/mol. The van der Waals surface area contributed by atoms with Crippen molar-refractivity contribution < 1.29 is 14.3 Å². The van der Waals surface area contributed by atoms with Crippen LogP contribution in [0.1, 0.15) is 29.0 Å². The van der Waals surface area contributed by atoms with Gasteiger partial charge in [-0.2, -0.15) is 5.10 Å². The van der Waals surface area contributed by atoms with E-state index >= 15 is 0 Å². The van der Waals surface area contributed by atoms with Gasteiger partial charge in [0, 0.05) is 19.6 Å². The Morgan fingerprint density at radius 1 is 1.24 bits per heavy atom. The first-order valence-corrected chi connectivity index (χ1v) is 8.31. The van der Waals surface area contributed by atoms with Crippen LogP contribution in [0, 0.1) is 5.92 Å². The average molecular weight is 343 g/mol. The van der Waals surface area contributed by atoms with Crippen LogP contribution in [0.3, 0.4) is 0 Å². The summed E-state index contributed by atoms with van der Waals surface area (Å²) in [5.41, 5.74) is 0.973. The number of aromatic amines is 1. The van der Waals surface area contributed by atoms with Crippen molar-refractivity contribution in [2.75, 3.05) is 19.6 Å². The third-order valence-corrected chi connectivity index (χ3v) is 4.26. The molecule has 132 valence electrons. The normalized spacial score (nSPS) is 15.0. The van der Waals surface area contributed by atoms with Crippen molar-refractivity contribution in [3.63, 3.8) is 0 Å². The number of H-pyrrole nitrogens is 1. The number of rotatable bonds is 5. The molecular weight excluding hydrogens is 322 g/mol. The lowest BCUT2D eigenvalue weighted by molar-refractivity contribution is 0.0799. The Morgan fingerprint density at radius 2 is 2.00 bits per heavy atom. The van der Waals surface area contributed by atoms with Crippen molar-refractivity contribution in [2.45, 2.75) is 19.4 Å². The highest BCUT2D eigenvalue weighted by atomic mass is 16.6. The van der Waals surface area contributed by atoms with Gasteiger partial charge in [0.25, 0.3) is 5.91 Å². The number of hydrogen-bond donors (Lipinski definition) is 2. The summed E-state index contributed by atoms with van der Waals surface area (Å²) in [5.74, 6) is 0.286. The Bertz CT molecular complexity index is 682. The van der Waals surface area contributed by atoms with Crippen LogP contribution < -0.4 is 5.32 Å². The third-order valence-electron chi connectivity index (χ3n) is 4.26. The Kier molecular flexibility index (Phi) is 5.61. The first-order valence-electron chi connectivity index (χ1n) is 8.31. The molecule has 1 aliphatic rings. The molecule has 0 unspecified atom stereocenters. The van der Waals surface area contributed by atoms with Crippen LogP contribution >= 0.6 is 0 Å². The maximum absolute atomic E-state index is 12.1. The van der Waals surface area contributed by atoms with Crippen LogP contribution in [0.15, 0.2) is 36.7 Å². The van der Waals surface area contributed by atoms with Crippen molar-refractivity contribution in [3.05, 3.63) is 48.0 Å². The second-order valence-corrected chi connectivity index (χ2v) is 6.01. The molecule has 0 bridgehead atoms. The van der Waals surface area contributed by atoms with E-state index in [1.54, 1.807) is 4.90 Å². The van der Waals surface area contributed by atoms with E-state index in [0.29, 0.717) is 25.6 Å². The van der Waals surface area contributed by atoms with Crippen molar-refractivity contribution in [3.8, 4) is 0 Å². The maximum Gasteiger partial charge on any atom is 0.410 e. The van der Waals surface area contributed by atoms with E-state index in [1.807, 2.05) is 30.3 Å². The number of likely N-dealkylation sites (tertiary alicyclic amines) is 1. The molecule has 0 radical (unpaired) electrons. The van der Waals surface area contributed by atoms with Crippen LogP contribution in [0.5, 0.6) is 0 Å². The number of nitrogens with one attached hydrogen (secondary N) is 2. The van der Waals surface area contributed by atoms with E-state index in [-0.39, 0.29) is 24.4 Å². The largest absolute Gasteiger partial charge is 0.445 e. The molecule has 0 saturated carbocycles. The van der Waals surface area contributed by atoms with Crippen molar-refractivity contribution in [1.82, 2.24) is 25.4 Å². The zero-order valence-corrected chi connectivity index (χ0v) is 13.9. The van der Waals surface area contributed by atoms with Gasteiger partial charge in [0.15, 0.2) is 0 Å². The van der Waals surface area contributed by atoms with Gasteiger partial charge in [0.05, 0.1) is 0 Å². The van der Waals surface area contributed by atoms with Gasteiger partial charge in [-0.3, -0.25) is 9.89 Å². The fourth-order valence-electron chi connectivity index (χ4n) is 2.77. The summed E-state index contributed by atoms with van der Waals surface area (Å²) in [4.78, 5) is 29.5. The fraction of sp³-hybridized carbons (Fsp3) is 0.412. The lowest BCUT2D eigenvalue weighted by Gasteiger charge is -2.31. The van der Waals surface area contributed by atoms with E-state index in [2.05, 4.69) is 20.5 Å². The summed E-state index contributed by atoms with van der Waals surface area (Å²) in [5, 5.41) is 9.02. The molecule has 1 aromatic carbocycles. The minimum absolute atomic E-state index is 0.210. The Morgan fingerprint density at radius 3 is 2.68 bits per heavy atom. The number of hydrogen-bond acceptors (Lipinski definition) is 5. The summed E-state index contributed by atoms with van der Waals surface area (Å²) >= 11 is 0. The SMILES string of the molecule is O=C(NCC1CCN(C(=O)OCc2ccccc2)CC1)c1ncn[nH]1. The van der Waals surface area contributed by atoms with Crippen LogP contribution in [-0.4, -0.2) is 51.7 Å². The molecule has 25 heavy (non-hydrogen) atoms. The molecule has 1 fully saturated rings. The van der Waals surface area contributed by atoms with Crippen LogP contribution in [0.2, 0.25) is 0 Å². The van der Waals surface area contributed by atoms with Gasteiger partial charge in [0.1, 0.15) is 12.9 Å². The van der Waals surface area contributed by atoms with E-state index in [1.165, 1.54) is 6.33 Å². The number of amides is 2. The first kappa shape index (κ1) is 16.9. The molecule has 2 N–H and O–H groups in total. The Balaban J connectivity index is 1.36. The van der Waals surface area contributed by atoms with Gasteiger partial charge in [-0.15, -0.1) is 0 Å². The van der Waals surface area contributed by atoms with Crippen molar-refractivity contribution >= 4 is 12.0 Å². The molecule has 1 aromatic heterocycles. The first-order chi connectivity index (χ1) is 12.2. The summed E-state index contributed by atoms with van der Waals surface area (Å²) < 4.78 is 5.35. The second-order valence-electron chi connectivity index (χ2n) is 6.01. The molecule has 2 aromatic rings. The van der Waals surface area contributed by atoms with Gasteiger partial charge in [-0.25, -0.2) is 9.78 Å². The van der Waals surface area contributed by atoms with Gasteiger partial charge in [-0.1, -0.05) is 30.3 Å². The van der Waals surface area contributed by atoms with Gasteiger partial charge in [-0.05, 0) is 24.3 Å². The summed E-state index contributed by atoms with van der Waals surface area (Å²) in [6.45, 7) is 2.12. The van der Waals surface area contributed by atoms with E-state index in [9.17, 15) is 9.59 Å². The minimum atomic E-state index is -0.284. The molecule has 8 heteroatoms. The van der Waals surface area contributed by atoms with E-state index in [4.69, 9.17) is 4.74 Å². The number of nitrogens with zero attached hydrogens (tertiary/aromatic N) is 3. The molecular formula is C17H21N5O3.